The van der Waals surface area contributed by atoms with Crippen molar-refractivity contribution in [1.29, 1.82) is 0 Å². The van der Waals surface area contributed by atoms with E-state index in [9.17, 15) is 5.11 Å². The van der Waals surface area contributed by atoms with Crippen molar-refractivity contribution in [2.24, 2.45) is 0 Å². The molecule has 0 atom stereocenters. The summed E-state index contributed by atoms with van der Waals surface area (Å²) in [4.78, 5) is 4.51. The summed E-state index contributed by atoms with van der Waals surface area (Å²) in [5.41, 5.74) is 3.19. The highest BCUT2D eigenvalue weighted by Crippen LogP contribution is 2.44. The van der Waals surface area contributed by atoms with Gasteiger partial charge in [-0.2, -0.15) is 0 Å². The van der Waals surface area contributed by atoms with Crippen molar-refractivity contribution in [3.63, 3.8) is 0 Å². The van der Waals surface area contributed by atoms with Crippen molar-refractivity contribution in [3.05, 3.63) is 72.6 Å². The number of rotatable bonds is 1. The molecule has 1 N–H and O–H groups in total. The Labute approximate surface area is 144 Å². The average Bonchev–Trinajstić information content (AvgIpc) is 3.00. The zero-order valence-electron chi connectivity index (χ0n) is 13.7. The number of aromatic nitrogens is 1. The summed E-state index contributed by atoms with van der Waals surface area (Å²) in [6.45, 7) is 1.84. The van der Waals surface area contributed by atoms with E-state index >= 15 is 0 Å². The van der Waals surface area contributed by atoms with Crippen LogP contribution in [0.1, 0.15) is 5.89 Å². The minimum atomic E-state index is 0.241. The highest BCUT2D eigenvalue weighted by atomic mass is 16.3. The monoisotopic (exact) mass is 325 g/mol. The van der Waals surface area contributed by atoms with Crippen LogP contribution in [-0.2, 0) is 0 Å². The molecule has 5 rings (SSSR count). The third-order valence-electron chi connectivity index (χ3n) is 4.67. The van der Waals surface area contributed by atoms with Crippen LogP contribution in [0.4, 0.5) is 0 Å². The first-order chi connectivity index (χ1) is 12.2. The van der Waals surface area contributed by atoms with Gasteiger partial charge in [-0.3, -0.25) is 0 Å². The standard InChI is InChI=1S/C22H15NO2/c1-13-23-18-12-15-7-3-5-9-17(15)21(22(18)25-13)20-16-8-4-2-6-14(16)10-11-19(20)24/h2-12,24H,1H3. The lowest BCUT2D eigenvalue weighted by Crippen LogP contribution is -1.87. The minimum absolute atomic E-state index is 0.241. The molecule has 1 heterocycles. The Morgan fingerprint density at radius 1 is 0.800 bits per heavy atom. The number of fused-ring (bicyclic) bond motifs is 3. The molecule has 3 nitrogen and oxygen atoms in total. The molecule has 1 aromatic heterocycles. The fraction of sp³-hybridized carbons (Fsp3) is 0.0455. The van der Waals surface area contributed by atoms with Crippen LogP contribution in [-0.4, -0.2) is 10.1 Å². The Kier molecular flexibility index (Phi) is 2.86. The predicted octanol–water partition coefficient (Wildman–Crippen LogP) is 5.82. The highest BCUT2D eigenvalue weighted by Gasteiger charge is 2.19. The molecule has 0 amide bonds. The van der Waals surface area contributed by atoms with E-state index in [0.717, 1.165) is 38.2 Å². The van der Waals surface area contributed by atoms with Crippen LogP contribution in [0.3, 0.4) is 0 Å². The van der Waals surface area contributed by atoms with E-state index in [0.29, 0.717) is 11.5 Å². The van der Waals surface area contributed by atoms with Gasteiger partial charge < -0.3 is 9.52 Å². The lowest BCUT2D eigenvalue weighted by molar-refractivity contribution is 0.478. The molecule has 0 radical (unpaired) electrons. The Morgan fingerprint density at radius 2 is 1.48 bits per heavy atom. The van der Waals surface area contributed by atoms with E-state index in [-0.39, 0.29) is 5.75 Å². The zero-order chi connectivity index (χ0) is 17.0. The van der Waals surface area contributed by atoms with E-state index in [1.54, 1.807) is 6.07 Å². The molecular weight excluding hydrogens is 310 g/mol. The van der Waals surface area contributed by atoms with Gasteiger partial charge in [-0.25, -0.2) is 4.98 Å². The van der Waals surface area contributed by atoms with Gasteiger partial charge in [0.05, 0.1) is 0 Å². The second-order valence-corrected chi connectivity index (χ2v) is 6.23. The first-order valence-corrected chi connectivity index (χ1v) is 8.22. The number of phenols is 1. The smallest absolute Gasteiger partial charge is 0.192 e. The molecule has 0 fully saturated rings. The number of nitrogens with zero attached hydrogens (tertiary/aromatic N) is 1. The molecule has 25 heavy (non-hydrogen) atoms. The van der Waals surface area contributed by atoms with Gasteiger partial charge in [0.25, 0.3) is 0 Å². The van der Waals surface area contributed by atoms with Crippen LogP contribution in [0.5, 0.6) is 5.75 Å². The maximum absolute atomic E-state index is 10.7. The summed E-state index contributed by atoms with van der Waals surface area (Å²) in [6, 6.07) is 21.9. The number of hydrogen-bond acceptors (Lipinski definition) is 3. The number of benzene rings is 4. The fourth-order valence-electron chi connectivity index (χ4n) is 3.61. The van der Waals surface area contributed by atoms with Crippen LogP contribution in [0.25, 0.3) is 43.8 Å². The molecule has 120 valence electrons. The van der Waals surface area contributed by atoms with Gasteiger partial charge in [0.2, 0.25) is 0 Å². The Hall–Kier alpha value is -3.33. The quantitative estimate of drug-likeness (QED) is 0.423. The molecule has 0 bridgehead atoms. The van der Waals surface area contributed by atoms with Crippen molar-refractivity contribution in [2.45, 2.75) is 6.92 Å². The molecule has 4 aromatic carbocycles. The van der Waals surface area contributed by atoms with Crippen LogP contribution < -0.4 is 0 Å². The lowest BCUT2D eigenvalue weighted by atomic mass is 9.92. The second kappa shape index (κ2) is 5.08. The molecule has 0 unspecified atom stereocenters. The predicted molar refractivity (Wildman–Crippen MR) is 101 cm³/mol. The average molecular weight is 325 g/mol. The Morgan fingerprint density at radius 3 is 2.28 bits per heavy atom. The van der Waals surface area contributed by atoms with Gasteiger partial charge in [-0.05, 0) is 33.7 Å². The van der Waals surface area contributed by atoms with E-state index in [1.807, 2.05) is 55.5 Å². The lowest BCUT2D eigenvalue weighted by Gasteiger charge is -2.12. The first-order valence-electron chi connectivity index (χ1n) is 8.22. The van der Waals surface area contributed by atoms with Gasteiger partial charge in [0, 0.05) is 18.1 Å². The summed E-state index contributed by atoms with van der Waals surface area (Å²) >= 11 is 0. The van der Waals surface area contributed by atoms with Gasteiger partial charge in [-0.15, -0.1) is 0 Å². The normalized spacial score (nSPS) is 11.6. The van der Waals surface area contributed by atoms with E-state index in [2.05, 4.69) is 17.1 Å². The molecule has 0 spiro atoms. The zero-order valence-corrected chi connectivity index (χ0v) is 13.7. The molecule has 0 saturated heterocycles. The van der Waals surface area contributed by atoms with Crippen LogP contribution in [0.15, 0.2) is 71.1 Å². The van der Waals surface area contributed by atoms with E-state index < -0.39 is 0 Å². The number of aromatic hydroxyl groups is 1. The number of phenolic OH excluding ortho intramolecular Hbond substituents is 1. The summed E-state index contributed by atoms with van der Waals surface area (Å²) < 4.78 is 5.94. The maximum atomic E-state index is 10.7. The van der Waals surface area contributed by atoms with Crippen molar-refractivity contribution < 1.29 is 9.52 Å². The number of oxazole rings is 1. The molecule has 0 saturated carbocycles. The third-order valence-corrected chi connectivity index (χ3v) is 4.67. The molecule has 0 aliphatic heterocycles. The Bertz CT molecular complexity index is 1270. The molecule has 0 aliphatic rings. The van der Waals surface area contributed by atoms with Crippen molar-refractivity contribution in [3.8, 4) is 16.9 Å². The van der Waals surface area contributed by atoms with E-state index in [4.69, 9.17) is 4.42 Å². The summed E-state index contributed by atoms with van der Waals surface area (Å²) in [5, 5.41) is 14.9. The van der Waals surface area contributed by atoms with Crippen molar-refractivity contribution >= 4 is 32.6 Å². The fourth-order valence-corrected chi connectivity index (χ4v) is 3.61. The molecule has 0 aliphatic carbocycles. The van der Waals surface area contributed by atoms with Gasteiger partial charge in [-0.1, -0.05) is 54.6 Å². The number of hydrogen-bond donors (Lipinski definition) is 1. The maximum Gasteiger partial charge on any atom is 0.192 e. The summed E-state index contributed by atoms with van der Waals surface area (Å²) in [6.07, 6.45) is 0. The third kappa shape index (κ3) is 2.02. The topological polar surface area (TPSA) is 46.3 Å². The van der Waals surface area contributed by atoms with Crippen molar-refractivity contribution in [1.82, 2.24) is 4.98 Å². The van der Waals surface area contributed by atoms with E-state index in [1.165, 1.54) is 0 Å². The molecule has 3 heteroatoms. The first kappa shape index (κ1) is 14.1. The summed E-state index contributed by atoms with van der Waals surface area (Å²) in [5.74, 6) is 0.858. The molecular formula is C22H15NO2. The van der Waals surface area contributed by atoms with Gasteiger partial charge in [0.1, 0.15) is 11.3 Å². The second-order valence-electron chi connectivity index (χ2n) is 6.23. The SMILES string of the molecule is Cc1nc2cc3ccccc3c(-c3c(O)ccc4ccccc34)c2o1. The van der Waals surface area contributed by atoms with Crippen LogP contribution in [0, 0.1) is 6.92 Å². The number of aryl methyl sites for hydroxylation is 1. The Balaban J connectivity index is 2.06. The van der Waals surface area contributed by atoms with Crippen LogP contribution >= 0.6 is 0 Å². The molecule has 5 aromatic rings. The summed E-state index contributed by atoms with van der Waals surface area (Å²) in [7, 11) is 0. The van der Waals surface area contributed by atoms with Crippen LogP contribution in [0.2, 0.25) is 0 Å². The minimum Gasteiger partial charge on any atom is -0.507 e. The largest absolute Gasteiger partial charge is 0.507 e. The van der Waals surface area contributed by atoms with Crippen molar-refractivity contribution in [2.75, 3.05) is 0 Å². The van der Waals surface area contributed by atoms with Gasteiger partial charge in [0.15, 0.2) is 11.5 Å². The van der Waals surface area contributed by atoms with Gasteiger partial charge >= 0.3 is 0 Å². The highest BCUT2D eigenvalue weighted by molar-refractivity contribution is 6.15.